The number of fused-ring (bicyclic) bond motifs is 1. The van der Waals surface area contributed by atoms with Crippen LogP contribution in [0.3, 0.4) is 0 Å². The Balaban J connectivity index is 1.65. The van der Waals surface area contributed by atoms with Crippen molar-refractivity contribution in [2.45, 2.75) is 37.8 Å². The van der Waals surface area contributed by atoms with E-state index >= 15 is 0 Å². The van der Waals surface area contributed by atoms with Crippen LogP contribution in [0.15, 0.2) is 42.5 Å². The van der Waals surface area contributed by atoms with Crippen molar-refractivity contribution in [1.82, 2.24) is 15.5 Å². The van der Waals surface area contributed by atoms with Gasteiger partial charge in [0.15, 0.2) is 1.41 Å². The molecule has 4 amide bonds. The Labute approximate surface area is 196 Å². The number of carbonyl (C=O) groups excluding carboxylic acids is 4. The Hall–Kier alpha value is -3.33. The van der Waals surface area contributed by atoms with Gasteiger partial charge in [-0.2, -0.15) is 8.78 Å². The maximum Gasteiger partial charge on any atom is 0.349 e. The second-order valence-electron chi connectivity index (χ2n) is 6.83. The Morgan fingerprint density at radius 1 is 1.31 bits per heavy atom. The van der Waals surface area contributed by atoms with E-state index < -0.39 is 77.8 Å². The molecule has 10 heteroatoms. The second-order valence-corrected chi connectivity index (χ2v) is 7.27. The van der Waals surface area contributed by atoms with Crippen LogP contribution in [0.25, 0.3) is 0 Å². The van der Waals surface area contributed by atoms with Crippen molar-refractivity contribution in [2.75, 3.05) is 0 Å². The zero-order chi connectivity index (χ0) is 29.3. The molecule has 2 heterocycles. The van der Waals surface area contributed by atoms with Gasteiger partial charge in [-0.25, -0.2) is 0 Å². The average molecular weight is 469 g/mol. The van der Waals surface area contributed by atoms with E-state index in [-0.39, 0.29) is 16.1 Å². The van der Waals surface area contributed by atoms with Crippen molar-refractivity contribution >= 4 is 35.2 Å². The number of amides is 4. The van der Waals surface area contributed by atoms with Crippen LogP contribution < -0.4 is 10.6 Å². The third kappa shape index (κ3) is 4.08. The molecule has 4 rings (SSSR count). The highest BCUT2D eigenvalue weighted by Crippen LogP contribution is 2.30. The predicted octanol–water partition coefficient (Wildman–Crippen LogP) is 2.51. The van der Waals surface area contributed by atoms with Gasteiger partial charge >= 0.3 is 5.92 Å². The molecule has 0 bridgehead atoms. The standard InChI is InChI=1S/C22H18ClF2N3O4/c23-15-4-2-14(3-5-15)22(24,25)21(32)26-10-12-1-6-16-13(9-12)11-28(20(16)31)17-7-8-18(29)27-19(17)30/h1-6,9,17H,7-8,10-11H2,(H,26,32)(H,27,29,30)/i7D2,8D,10D2,17D/hD. The molecule has 1 fully saturated rings. The summed E-state index contributed by atoms with van der Waals surface area (Å²) in [5.41, 5.74) is -1.60. The van der Waals surface area contributed by atoms with Crippen molar-refractivity contribution in [2.24, 2.45) is 0 Å². The molecule has 0 saturated carbocycles. The monoisotopic (exact) mass is 468 g/mol. The van der Waals surface area contributed by atoms with Crippen LogP contribution >= 0.6 is 11.6 Å². The molecule has 0 spiro atoms. The van der Waals surface area contributed by atoms with Crippen LogP contribution in [-0.2, 0) is 33.3 Å². The summed E-state index contributed by atoms with van der Waals surface area (Å²) in [7, 11) is 0. The third-order valence-electron chi connectivity index (χ3n) is 4.73. The first-order valence-electron chi connectivity index (χ1n) is 12.6. The van der Waals surface area contributed by atoms with Gasteiger partial charge in [0.05, 0.1) is 4.11 Å². The summed E-state index contributed by atoms with van der Waals surface area (Å²) in [6.45, 7) is -3.81. The molecule has 2 unspecified atom stereocenters. The number of nitrogens with zero attached hydrogens (tertiary/aromatic N) is 1. The van der Waals surface area contributed by atoms with Crippen LogP contribution in [0.4, 0.5) is 8.78 Å². The third-order valence-corrected chi connectivity index (χ3v) is 4.98. The van der Waals surface area contributed by atoms with E-state index in [1.807, 2.05) is 0 Å². The summed E-state index contributed by atoms with van der Waals surface area (Å²) in [5, 5.41) is 1.26. The molecular formula is C22H18ClF2N3O4. The van der Waals surface area contributed by atoms with Crippen LogP contribution in [0.5, 0.6) is 0 Å². The summed E-state index contributed by atoms with van der Waals surface area (Å²) in [6, 6.07) is 3.76. The Bertz CT molecular complexity index is 1410. The number of rotatable bonds is 5. The molecule has 2 aliphatic rings. The minimum absolute atomic E-state index is 0.0691. The van der Waals surface area contributed by atoms with Gasteiger partial charge in [0.25, 0.3) is 11.8 Å². The summed E-state index contributed by atoms with van der Waals surface area (Å²) >= 11 is 5.68. The summed E-state index contributed by atoms with van der Waals surface area (Å²) in [4.78, 5) is 50.4. The van der Waals surface area contributed by atoms with E-state index in [9.17, 15) is 28.0 Å². The minimum Gasteiger partial charge on any atom is -0.346 e. The minimum atomic E-state index is -4.30. The molecule has 0 aromatic heterocycles. The lowest BCUT2D eigenvalue weighted by Gasteiger charge is -2.29. The highest BCUT2D eigenvalue weighted by molar-refractivity contribution is 6.30. The summed E-state index contributed by atoms with van der Waals surface area (Å²) in [5.74, 6) is -10.3. The molecule has 0 radical (unpaired) electrons. The lowest BCUT2D eigenvalue weighted by atomic mass is 10.0. The molecule has 32 heavy (non-hydrogen) atoms. The SMILES string of the molecule is [2H]C1C(=O)NC(=O)C([2H])(N2Cc3cc(C([2H])([2H])N([2H])C(=O)C(F)(F)c4ccc(Cl)cc4)ccc3C2=O)C1([2H])[2H]. The fourth-order valence-corrected chi connectivity index (χ4v) is 3.27. The number of carbonyl (C=O) groups is 4. The Kier molecular flexibility index (Phi) is 3.81. The summed E-state index contributed by atoms with van der Waals surface area (Å²) < 4.78 is 86.5. The van der Waals surface area contributed by atoms with Crippen LogP contribution in [0.2, 0.25) is 6.43 Å². The van der Waals surface area contributed by atoms with Gasteiger partial charge in [-0.1, -0.05) is 35.9 Å². The highest BCUT2D eigenvalue weighted by atomic mass is 35.5. The molecule has 0 aliphatic carbocycles. The summed E-state index contributed by atoms with van der Waals surface area (Å²) in [6.07, 6.45) is -5.36. The van der Waals surface area contributed by atoms with E-state index in [1.165, 1.54) is 0 Å². The van der Waals surface area contributed by atoms with Crippen molar-refractivity contribution in [3.8, 4) is 0 Å². The van der Waals surface area contributed by atoms with Gasteiger partial charge in [0, 0.05) is 39.7 Å². The normalized spacial score (nSPS) is 28.2. The first kappa shape index (κ1) is 14.7. The smallest absolute Gasteiger partial charge is 0.346 e. The van der Waals surface area contributed by atoms with Crippen LogP contribution in [-0.4, -0.2) is 34.5 Å². The van der Waals surface area contributed by atoms with Gasteiger partial charge in [-0.05, 0) is 35.7 Å². The molecule has 2 aliphatic heterocycles. The molecule has 2 atom stereocenters. The van der Waals surface area contributed by atoms with E-state index in [4.69, 9.17) is 21.2 Å². The van der Waals surface area contributed by atoms with Crippen molar-refractivity contribution in [3.63, 3.8) is 0 Å². The highest BCUT2D eigenvalue weighted by Gasteiger charge is 2.41. The van der Waals surface area contributed by atoms with Crippen molar-refractivity contribution in [1.29, 1.82) is 0 Å². The van der Waals surface area contributed by atoms with E-state index in [2.05, 4.69) is 0 Å². The van der Waals surface area contributed by atoms with E-state index in [1.54, 1.807) is 5.32 Å². The first-order chi connectivity index (χ1) is 17.9. The predicted molar refractivity (Wildman–Crippen MR) is 110 cm³/mol. The van der Waals surface area contributed by atoms with Crippen LogP contribution in [0.1, 0.15) is 48.0 Å². The van der Waals surface area contributed by atoms with Gasteiger partial charge in [-0.3, -0.25) is 24.5 Å². The lowest BCUT2D eigenvalue weighted by Crippen LogP contribution is -2.52. The number of alkyl halides is 2. The Morgan fingerprint density at radius 2 is 2.03 bits per heavy atom. The van der Waals surface area contributed by atoms with Gasteiger partial charge in [-0.15, -0.1) is 0 Å². The van der Waals surface area contributed by atoms with Gasteiger partial charge < -0.3 is 10.2 Å². The topological polar surface area (TPSA) is 95.6 Å². The van der Waals surface area contributed by atoms with Crippen molar-refractivity contribution < 1.29 is 37.6 Å². The largest absolute Gasteiger partial charge is 0.349 e. The maximum absolute atomic E-state index is 14.8. The number of hydrogen-bond acceptors (Lipinski definition) is 4. The molecule has 7 nitrogen and oxygen atoms in total. The zero-order valence-electron chi connectivity index (χ0n) is 23.0. The number of hydrogen-bond donors (Lipinski definition) is 2. The number of imide groups is 1. The molecule has 2 aromatic carbocycles. The fourth-order valence-electron chi connectivity index (χ4n) is 3.15. The number of halogens is 3. The maximum atomic E-state index is 14.8. The number of nitrogens with one attached hydrogen (secondary N) is 2. The average Bonchev–Trinajstić information content (AvgIpc) is 3.21. The Morgan fingerprint density at radius 3 is 2.75 bits per heavy atom. The van der Waals surface area contributed by atoms with Gasteiger partial charge in [0.1, 0.15) is 6.02 Å². The first-order valence-corrected chi connectivity index (χ1v) is 9.46. The van der Waals surface area contributed by atoms with E-state index in [0.29, 0.717) is 4.90 Å². The molecule has 2 N–H and O–H groups in total. The number of benzene rings is 2. The van der Waals surface area contributed by atoms with E-state index in [0.717, 1.165) is 42.5 Å². The lowest BCUT2D eigenvalue weighted by molar-refractivity contribution is -0.147. The fraction of sp³-hybridized carbons (Fsp3) is 0.273. The molecule has 1 saturated heterocycles. The second kappa shape index (κ2) is 8.31. The zero-order valence-corrected chi connectivity index (χ0v) is 16.7. The van der Waals surface area contributed by atoms with Gasteiger partial charge in [0.2, 0.25) is 11.8 Å². The quantitative estimate of drug-likeness (QED) is 0.659. The molecular weight excluding hydrogens is 444 g/mol. The van der Waals surface area contributed by atoms with Crippen LogP contribution in [0, 0.1) is 0 Å². The van der Waals surface area contributed by atoms with Crippen molar-refractivity contribution in [3.05, 3.63) is 69.7 Å². The number of piperidine rings is 1. The molecule has 2 aromatic rings. The molecule has 166 valence electrons.